The van der Waals surface area contributed by atoms with Crippen molar-refractivity contribution >= 4 is 15.9 Å². The minimum atomic E-state index is 0.226. The average Bonchev–Trinajstić information content (AvgIpc) is 2.94. The molecule has 2 heterocycles. The van der Waals surface area contributed by atoms with E-state index < -0.39 is 0 Å². The van der Waals surface area contributed by atoms with E-state index in [1.54, 1.807) is 0 Å². The predicted molar refractivity (Wildman–Crippen MR) is 60.2 cm³/mol. The largest absolute Gasteiger partial charge is 0.336 e. The van der Waals surface area contributed by atoms with Crippen LogP contribution in [0.2, 0.25) is 0 Å². The molecule has 0 aromatic carbocycles. The highest BCUT2D eigenvalue weighted by atomic mass is 79.9. The van der Waals surface area contributed by atoms with Crippen LogP contribution >= 0.6 is 15.9 Å². The van der Waals surface area contributed by atoms with E-state index in [9.17, 15) is 0 Å². The van der Waals surface area contributed by atoms with Gasteiger partial charge in [-0.1, -0.05) is 0 Å². The summed E-state index contributed by atoms with van der Waals surface area (Å²) in [7, 11) is 0. The second-order valence-electron chi connectivity index (χ2n) is 4.60. The quantitative estimate of drug-likeness (QED) is 0.815. The fourth-order valence-corrected chi connectivity index (χ4v) is 3.16. The van der Waals surface area contributed by atoms with Gasteiger partial charge in [0, 0.05) is 18.8 Å². The van der Waals surface area contributed by atoms with Crippen molar-refractivity contribution in [1.29, 1.82) is 0 Å². The Bertz CT molecular complexity index is 367. The first kappa shape index (κ1) is 8.98. The number of fused-ring (bicyclic) bond motifs is 1. The van der Waals surface area contributed by atoms with Crippen LogP contribution in [0.5, 0.6) is 0 Å². The van der Waals surface area contributed by atoms with Crippen LogP contribution in [0.3, 0.4) is 0 Å². The van der Waals surface area contributed by atoms with Gasteiger partial charge >= 0.3 is 0 Å². The summed E-state index contributed by atoms with van der Waals surface area (Å²) in [6.07, 6.45) is 2.76. The van der Waals surface area contributed by atoms with E-state index in [-0.39, 0.29) is 5.54 Å². The van der Waals surface area contributed by atoms with Gasteiger partial charge in [-0.25, -0.2) is 0 Å². The lowest BCUT2D eigenvalue weighted by Crippen LogP contribution is -2.48. The lowest BCUT2D eigenvalue weighted by atomic mass is 9.90. The van der Waals surface area contributed by atoms with Crippen molar-refractivity contribution in [3.8, 4) is 0 Å². The van der Waals surface area contributed by atoms with E-state index in [0.717, 1.165) is 19.0 Å². The van der Waals surface area contributed by atoms with Gasteiger partial charge in [-0.3, -0.25) is 0 Å². The van der Waals surface area contributed by atoms with E-state index in [0.29, 0.717) is 0 Å². The molecule has 3 heteroatoms. The Hall–Kier alpha value is -0.280. The lowest BCUT2D eigenvalue weighted by molar-refractivity contribution is 0.260. The number of hydrogen-bond acceptors (Lipinski definition) is 1. The highest BCUT2D eigenvalue weighted by Crippen LogP contribution is 2.47. The van der Waals surface area contributed by atoms with Crippen LogP contribution in [-0.4, -0.2) is 11.1 Å². The van der Waals surface area contributed by atoms with Crippen LogP contribution < -0.4 is 5.32 Å². The zero-order valence-corrected chi connectivity index (χ0v) is 9.97. The van der Waals surface area contributed by atoms with Gasteiger partial charge in [-0.15, -0.1) is 0 Å². The molecule has 0 amide bonds. The van der Waals surface area contributed by atoms with E-state index in [1.165, 1.54) is 23.1 Å². The number of halogens is 1. The molecule has 2 aliphatic rings. The molecule has 1 aliphatic heterocycles. The van der Waals surface area contributed by atoms with Crippen molar-refractivity contribution in [1.82, 2.24) is 9.88 Å². The molecule has 1 fully saturated rings. The first-order valence-electron chi connectivity index (χ1n) is 5.32. The van der Waals surface area contributed by atoms with Crippen molar-refractivity contribution in [3.63, 3.8) is 0 Å². The molecule has 3 rings (SSSR count). The summed E-state index contributed by atoms with van der Waals surface area (Å²) in [6.45, 7) is 4.53. The summed E-state index contributed by atoms with van der Waals surface area (Å²) in [6, 6.07) is 4.43. The Balaban J connectivity index is 2.10. The topological polar surface area (TPSA) is 17.0 Å². The monoisotopic (exact) mass is 254 g/mol. The molecule has 1 aliphatic carbocycles. The van der Waals surface area contributed by atoms with Gasteiger partial charge in [0.25, 0.3) is 0 Å². The third-order valence-corrected chi connectivity index (χ3v) is 4.37. The molecular formula is C11H15BrN2. The summed E-state index contributed by atoms with van der Waals surface area (Å²) < 4.78 is 3.62. The molecule has 14 heavy (non-hydrogen) atoms. The number of nitrogens with zero attached hydrogens (tertiary/aromatic N) is 1. The van der Waals surface area contributed by atoms with Crippen LogP contribution in [0.25, 0.3) is 0 Å². The Morgan fingerprint density at radius 2 is 2.29 bits per heavy atom. The summed E-state index contributed by atoms with van der Waals surface area (Å²) in [5.41, 5.74) is 1.68. The summed E-state index contributed by atoms with van der Waals surface area (Å²) in [5, 5.41) is 3.69. The highest BCUT2D eigenvalue weighted by Gasteiger charge is 2.45. The first-order valence-corrected chi connectivity index (χ1v) is 6.11. The number of aromatic nitrogens is 1. The van der Waals surface area contributed by atoms with Crippen LogP contribution in [0.4, 0.5) is 0 Å². The van der Waals surface area contributed by atoms with Crippen LogP contribution in [0, 0.1) is 5.92 Å². The number of nitrogens with one attached hydrogen (secondary N) is 1. The van der Waals surface area contributed by atoms with E-state index in [4.69, 9.17) is 0 Å². The molecular weight excluding hydrogens is 240 g/mol. The Labute approximate surface area is 92.8 Å². The molecule has 1 atom stereocenters. The van der Waals surface area contributed by atoms with Crippen molar-refractivity contribution in [2.45, 2.75) is 31.8 Å². The minimum Gasteiger partial charge on any atom is -0.336 e. The molecule has 1 aromatic heterocycles. The van der Waals surface area contributed by atoms with Gasteiger partial charge < -0.3 is 9.88 Å². The fraction of sp³-hybridized carbons (Fsp3) is 0.636. The highest BCUT2D eigenvalue weighted by molar-refractivity contribution is 9.10. The fourth-order valence-electron chi connectivity index (χ4n) is 2.66. The Morgan fingerprint density at radius 3 is 3.00 bits per heavy atom. The van der Waals surface area contributed by atoms with Crippen molar-refractivity contribution in [2.24, 2.45) is 5.92 Å². The molecule has 1 saturated carbocycles. The Kier molecular flexibility index (Phi) is 1.83. The van der Waals surface area contributed by atoms with Crippen molar-refractivity contribution < 1.29 is 0 Å². The smallest absolute Gasteiger partial charge is 0.0849 e. The van der Waals surface area contributed by atoms with Gasteiger partial charge in [0.2, 0.25) is 0 Å². The van der Waals surface area contributed by atoms with Gasteiger partial charge in [-0.2, -0.15) is 0 Å². The minimum absolute atomic E-state index is 0.226. The maximum absolute atomic E-state index is 3.69. The maximum Gasteiger partial charge on any atom is 0.0849 e. The summed E-state index contributed by atoms with van der Waals surface area (Å²) >= 11 is 3.61. The van der Waals surface area contributed by atoms with E-state index in [1.807, 2.05) is 0 Å². The predicted octanol–water partition coefficient (Wildman–Crippen LogP) is 2.48. The molecule has 0 radical (unpaired) electrons. The van der Waals surface area contributed by atoms with Gasteiger partial charge in [-0.05, 0) is 53.7 Å². The molecule has 76 valence electrons. The SMILES string of the molecule is CC1(C2CC2)NCCn2c(Br)ccc21. The third kappa shape index (κ3) is 1.12. The van der Waals surface area contributed by atoms with Crippen molar-refractivity contribution in [3.05, 3.63) is 22.4 Å². The molecule has 1 N–H and O–H groups in total. The van der Waals surface area contributed by atoms with Gasteiger partial charge in [0.1, 0.15) is 0 Å². The molecule has 0 saturated heterocycles. The van der Waals surface area contributed by atoms with E-state index in [2.05, 4.69) is 44.9 Å². The molecule has 0 spiro atoms. The third-order valence-electron chi connectivity index (χ3n) is 3.68. The molecule has 2 nitrogen and oxygen atoms in total. The second kappa shape index (κ2) is 2.86. The van der Waals surface area contributed by atoms with Gasteiger partial charge in [0.15, 0.2) is 0 Å². The molecule has 1 aromatic rings. The summed E-state index contributed by atoms with van der Waals surface area (Å²) in [5.74, 6) is 0.850. The second-order valence-corrected chi connectivity index (χ2v) is 5.41. The Morgan fingerprint density at radius 1 is 1.50 bits per heavy atom. The average molecular weight is 255 g/mol. The van der Waals surface area contributed by atoms with Crippen LogP contribution in [-0.2, 0) is 12.1 Å². The maximum atomic E-state index is 3.69. The molecule has 0 bridgehead atoms. The standard InChI is InChI=1S/C11H15BrN2/c1-11(8-2-3-8)9-4-5-10(12)14(9)7-6-13-11/h4-5,8,13H,2-3,6-7H2,1H3. The number of hydrogen-bond donors (Lipinski definition) is 1. The van der Waals surface area contributed by atoms with Crippen LogP contribution in [0.15, 0.2) is 16.7 Å². The summed E-state index contributed by atoms with van der Waals surface area (Å²) in [4.78, 5) is 0. The number of rotatable bonds is 1. The first-order chi connectivity index (χ1) is 6.72. The lowest BCUT2D eigenvalue weighted by Gasteiger charge is -2.37. The van der Waals surface area contributed by atoms with Crippen molar-refractivity contribution in [2.75, 3.05) is 6.54 Å². The van der Waals surface area contributed by atoms with E-state index >= 15 is 0 Å². The molecule has 1 unspecified atom stereocenters. The zero-order valence-electron chi connectivity index (χ0n) is 8.39. The normalized spacial score (nSPS) is 31.6. The van der Waals surface area contributed by atoms with Crippen LogP contribution in [0.1, 0.15) is 25.5 Å². The van der Waals surface area contributed by atoms with Gasteiger partial charge in [0.05, 0.1) is 10.1 Å². The zero-order chi connectivity index (χ0) is 9.76.